The quantitative estimate of drug-likeness (QED) is 0.300. The molecule has 0 saturated carbocycles. The minimum absolute atomic E-state index is 0.0269. The van der Waals surface area contributed by atoms with Crippen LogP contribution in [0.25, 0.3) is 11.0 Å². The van der Waals surface area contributed by atoms with E-state index < -0.39 is 11.9 Å². The maximum absolute atomic E-state index is 13.9. The van der Waals surface area contributed by atoms with Gasteiger partial charge in [0.25, 0.3) is 5.91 Å². The van der Waals surface area contributed by atoms with Gasteiger partial charge in [0, 0.05) is 5.69 Å². The molecule has 4 aromatic rings. The molecule has 0 aliphatic carbocycles. The number of hydrogen-bond acceptors (Lipinski definition) is 6. The van der Waals surface area contributed by atoms with Gasteiger partial charge in [-0.3, -0.25) is 14.5 Å². The first-order valence-electron chi connectivity index (χ1n) is 12.2. The minimum atomic E-state index is -0.758. The number of hydrogen-bond donors (Lipinski definition) is 0. The van der Waals surface area contributed by atoms with Crippen molar-refractivity contribution in [2.45, 2.75) is 33.7 Å². The second kappa shape index (κ2) is 9.58. The van der Waals surface area contributed by atoms with Gasteiger partial charge in [0.15, 0.2) is 16.9 Å². The van der Waals surface area contributed by atoms with E-state index in [1.807, 2.05) is 58.0 Å². The summed E-state index contributed by atoms with van der Waals surface area (Å²) < 4.78 is 17.8. The number of ether oxygens (including phenoxy) is 2. The van der Waals surface area contributed by atoms with Crippen LogP contribution in [-0.4, -0.2) is 24.1 Å². The summed E-state index contributed by atoms with van der Waals surface area (Å²) in [5, 5.41) is 0.440. The average Bonchev–Trinajstić information content (AvgIpc) is 3.17. The van der Waals surface area contributed by atoms with Crippen LogP contribution in [0.4, 0.5) is 5.82 Å². The fraction of sp³-hybridized carbons (Fsp3) is 0.233. The molecular formula is C30H28N2O5. The van der Waals surface area contributed by atoms with Gasteiger partial charge in [-0.15, -0.1) is 0 Å². The summed E-state index contributed by atoms with van der Waals surface area (Å²) in [5.41, 5.74) is 3.82. The first-order chi connectivity index (χ1) is 17.8. The summed E-state index contributed by atoms with van der Waals surface area (Å²) in [6, 6.07) is 13.7. The van der Waals surface area contributed by atoms with Crippen LogP contribution in [0.2, 0.25) is 0 Å². The number of amides is 1. The number of rotatable bonds is 7. The molecule has 0 fully saturated rings. The lowest BCUT2D eigenvalue weighted by Gasteiger charge is -2.25. The summed E-state index contributed by atoms with van der Waals surface area (Å²) in [6.45, 7) is 12.1. The topological polar surface area (TPSA) is 81.9 Å². The maximum atomic E-state index is 13.9. The standard InChI is InChI=1S/C30H28N2O5/c1-6-13-36-22-12-11-20(16-24(22)35-7-2)27-26-28(33)21-14-17(3)18(4)15-23(21)37-29(26)30(34)32(27)25-10-8-9-19(5)31-25/h6,8-12,14-16,27H,1,7,13H2,2-5H3. The van der Waals surface area contributed by atoms with Crippen molar-refractivity contribution in [2.75, 3.05) is 18.1 Å². The highest BCUT2D eigenvalue weighted by atomic mass is 16.5. The third-order valence-corrected chi connectivity index (χ3v) is 6.55. The molecule has 1 unspecified atom stereocenters. The van der Waals surface area contributed by atoms with Gasteiger partial charge < -0.3 is 13.9 Å². The molecule has 1 aliphatic heterocycles. The van der Waals surface area contributed by atoms with Crippen molar-refractivity contribution >= 4 is 22.7 Å². The molecule has 7 heteroatoms. The van der Waals surface area contributed by atoms with Crippen LogP contribution in [0.1, 0.15) is 51.5 Å². The van der Waals surface area contributed by atoms with Crippen molar-refractivity contribution in [3.63, 3.8) is 0 Å². The predicted molar refractivity (Wildman–Crippen MR) is 143 cm³/mol. The van der Waals surface area contributed by atoms with Gasteiger partial charge in [-0.1, -0.05) is 24.8 Å². The number of carbonyl (C=O) groups excluding carboxylic acids is 1. The molecule has 2 aromatic carbocycles. The first-order valence-corrected chi connectivity index (χ1v) is 12.2. The number of aromatic nitrogens is 1. The van der Waals surface area contributed by atoms with Crippen LogP contribution in [0.15, 0.2) is 70.4 Å². The Hall–Kier alpha value is -4.39. The Balaban J connectivity index is 1.78. The molecule has 7 nitrogen and oxygen atoms in total. The Morgan fingerprint density at radius 2 is 1.81 bits per heavy atom. The number of fused-ring (bicyclic) bond motifs is 2. The van der Waals surface area contributed by atoms with Crippen molar-refractivity contribution in [1.82, 2.24) is 4.98 Å². The average molecular weight is 497 g/mol. The third-order valence-electron chi connectivity index (χ3n) is 6.55. The van der Waals surface area contributed by atoms with Crippen molar-refractivity contribution in [3.05, 3.63) is 105 Å². The molecular weight excluding hydrogens is 468 g/mol. The second-order valence-electron chi connectivity index (χ2n) is 9.06. The SMILES string of the molecule is C=CCOc1ccc(C2c3c(oc4cc(C)c(C)cc4c3=O)C(=O)N2c2cccc(C)n2)cc1OCC. The highest BCUT2D eigenvalue weighted by Gasteiger charge is 2.44. The van der Waals surface area contributed by atoms with E-state index in [2.05, 4.69) is 11.6 Å². The molecule has 0 saturated heterocycles. The molecule has 0 radical (unpaired) electrons. The summed E-state index contributed by atoms with van der Waals surface area (Å²) in [7, 11) is 0. The zero-order chi connectivity index (χ0) is 26.3. The Morgan fingerprint density at radius 1 is 1.03 bits per heavy atom. The van der Waals surface area contributed by atoms with E-state index in [9.17, 15) is 9.59 Å². The molecule has 3 heterocycles. The van der Waals surface area contributed by atoms with Crippen LogP contribution in [-0.2, 0) is 0 Å². The van der Waals surface area contributed by atoms with E-state index in [1.165, 1.54) is 4.90 Å². The highest BCUT2D eigenvalue weighted by Crippen LogP contribution is 2.43. The van der Waals surface area contributed by atoms with E-state index in [4.69, 9.17) is 13.9 Å². The van der Waals surface area contributed by atoms with Crippen molar-refractivity contribution < 1.29 is 18.7 Å². The number of pyridine rings is 1. The predicted octanol–water partition coefficient (Wildman–Crippen LogP) is 5.83. The van der Waals surface area contributed by atoms with E-state index in [0.717, 1.165) is 16.8 Å². The van der Waals surface area contributed by atoms with Crippen LogP contribution < -0.4 is 19.8 Å². The van der Waals surface area contributed by atoms with Gasteiger partial charge in [0.2, 0.25) is 5.76 Å². The van der Waals surface area contributed by atoms with E-state index in [-0.39, 0.29) is 16.8 Å². The molecule has 0 bridgehead atoms. The first kappa shape index (κ1) is 24.3. The normalized spacial score (nSPS) is 14.6. The van der Waals surface area contributed by atoms with E-state index >= 15 is 0 Å². The van der Waals surface area contributed by atoms with Gasteiger partial charge in [-0.2, -0.15) is 0 Å². The number of anilines is 1. The summed E-state index contributed by atoms with van der Waals surface area (Å²) >= 11 is 0. The molecule has 188 valence electrons. The summed E-state index contributed by atoms with van der Waals surface area (Å²) in [5.74, 6) is 1.10. The van der Waals surface area contributed by atoms with E-state index in [1.54, 1.807) is 24.3 Å². The van der Waals surface area contributed by atoms with Gasteiger partial charge >= 0.3 is 0 Å². The van der Waals surface area contributed by atoms with Crippen molar-refractivity contribution in [3.8, 4) is 11.5 Å². The smallest absolute Gasteiger partial charge is 0.296 e. The van der Waals surface area contributed by atoms with Crippen LogP contribution in [0.3, 0.4) is 0 Å². The fourth-order valence-electron chi connectivity index (χ4n) is 4.67. The number of aryl methyl sites for hydroxylation is 3. The summed E-state index contributed by atoms with van der Waals surface area (Å²) in [6.07, 6.45) is 1.65. The Bertz CT molecular complexity index is 1600. The molecule has 2 aromatic heterocycles. The van der Waals surface area contributed by atoms with Gasteiger partial charge in [0.1, 0.15) is 18.0 Å². The third kappa shape index (κ3) is 4.16. The Kier molecular flexibility index (Phi) is 6.29. The molecule has 0 N–H and O–H groups in total. The maximum Gasteiger partial charge on any atom is 0.296 e. The largest absolute Gasteiger partial charge is 0.490 e. The number of benzene rings is 2. The second-order valence-corrected chi connectivity index (χ2v) is 9.06. The van der Waals surface area contributed by atoms with Gasteiger partial charge in [0.05, 0.1) is 23.6 Å². The molecule has 0 spiro atoms. The monoisotopic (exact) mass is 496 g/mol. The highest BCUT2D eigenvalue weighted by molar-refractivity contribution is 6.10. The molecule has 1 atom stereocenters. The molecule has 1 amide bonds. The number of nitrogens with zero attached hydrogens (tertiary/aromatic N) is 2. The van der Waals surface area contributed by atoms with Crippen molar-refractivity contribution in [1.29, 1.82) is 0 Å². The van der Waals surface area contributed by atoms with Crippen LogP contribution in [0, 0.1) is 20.8 Å². The minimum Gasteiger partial charge on any atom is -0.490 e. The lowest BCUT2D eigenvalue weighted by Crippen LogP contribution is -2.30. The van der Waals surface area contributed by atoms with Crippen LogP contribution in [0.5, 0.6) is 11.5 Å². The molecule has 1 aliphatic rings. The van der Waals surface area contributed by atoms with Crippen LogP contribution >= 0.6 is 0 Å². The van der Waals surface area contributed by atoms with Crippen molar-refractivity contribution in [2.24, 2.45) is 0 Å². The Morgan fingerprint density at radius 3 is 2.54 bits per heavy atom. The van der Waals surface area contributed by atoms with Gasteiger partial charge in [-0.25, -0.2) is 4.98 Å². The van der Waals surface area contributed by atoms with Gasteiger partial charge in [-0.05, 0) is 80.8 Å². The van der Waals surface area contributed by atoms with E-state index in [0.29, 0.717) is 47.1 Å². The lowest BCUT2D eigenvalue weighted by molar-refractivity contribution is 0.0970. The zero-order valence-corrected chi connectivity index (χ0v) is 21.3. The molecule has 5 rings (SSSR count). The fourth-order valence-corrected chi connectivity index (χ4v) is 4.67. The zero-order valence-electron chi connectivity index (χ0n) is 21.3. The Labute approximate surface area is 215 Å². The number of carbonyl (C=O) groups is 1. The molecule has 37 heavy (non-hydrogen) atoms. The summed E-state index contributed by atoms with van der Waals surface area (Å²) in [4.78, 5) is 33.9. The lowest BCUT2D eigenvalue weighted by atomic mass is 9.97.